The summed E-state index contributed by atoms with van der Waals surface area (Å²) in [5.74, 6) is 0.229. The fraction of sp³-hybridized carbons (Fsp3) is 0.571. The van der Waals surface area contributed by atoms with Crippen LogP contribution in [0.25, 0.3) is 0 Å². The molecule has 0 aromatic carbocycles. The first-order valence-electron chi connectivity index (χ1n) is 6.48. The second-order valence-electron chi connectivity index (χ2n) is 6.18. The Morgan fingerprint density at radius 3 is 2.68 bits per heavy atom. The molecule has 1 amide bonds. The van der Waals surface area contributed by atoms with Gasteiger partial charge in [0.15, 0.2) is 0 Å². The Hall–Kier alpha value is -1.62. The van der Waals surface area contributed by atoms with Crippen LogP contribution in [0, 0.1) is 11.3 Å². The summed E-state index contributed by atoms with van der Waals surface area (Å²) in [5.41, 5.74) is 5.79. The first-order chi connectivity index (χ1) is 8.80. The van der Waals surface area contributed by atoms with Crippen LogP contribution in [0.4, 0.5) is 5.82 Å². The van der Waals surface area contributed by atoms with E-state index in [9.17, 15) is 9.90 Å². The predicted molar refractivity (Wildman–Crippen MR) is 73.9 cm³/mol. The Labute approximate surface area is 113 Å². The third-order valence-electron chi connectivity index (χ3n) is 3.75. The topological polar surface area (TPSA) is 79.5 Å². The molecule has 2 heterocycles. The zero-order valence-corrected chi connectivity index (χ0v) is 11.6. The Bertz CT molecular complexity index is 482. The highest BCUT2D eigenvalue weighted by Crippen LogP contribution is 2.36. The Kier molecular flexibility index (Phi) is 3.49. The van der Waals surface area contributed by atoms with Gasteiger partial charge in [-0.15, -0.1) is 0 Å². The van der Waals surface area contributed by atoms with E-state index in [4.69, 9.17) is 5.73 Å². The van der Waals surface area contributed by atoms with Crippen molar-refractivity contribution in [1.29, 1.82) is 0 Å². The van der Waals surface area contributed by atoms with Crippen LogP contribution in [0.2, 0.25) is 0 Å². The molecule has 0 saturated carbocycles. The highest BCUT2D eigenvalue weighted by Gasteiger charge is 2.40. The maximum atomic E-state index is 11.4. The highest BCUT2D eigenvalue weighted by molar-refractivity contribution is 5.97. The third kappa shape index (κ3) is 2.71. The number of aliphatic hydroxyl groups excluding tert-OH is 1. The number of primary amides is 1. The van der Waals surface area contributed by atoms with Gasteiger partial charge in [0.2, 0.25) is 0 Å². The first-order valence-corrected chi connectivity index (χ1v) is 6.48. The summed E-state index contributed by atoms with van der Waals surface area (Å²) in [6, 6.07) is 3.36. The Morgan fingerprint density at radius 2 is 2.16 bits per heavy atom. The van der Waals surface area contributed by atoms with E-state index in [2.05, 4.69) is 25.8 Å². The van der Waals surface area contributed by atoms with Crippen molar-refractivity contribution < 1.29 is 9.90 Å². The van der Waals surface area contributed by atoms with Gasteiger partial charge in [0, 0.05) is 25.2 Å². The van der Waals surface area contributed by atoms with Crippen molar-refractivity contribution in [3.05, 3.63) is 23.9 Å². The molecule has 0 bridgehead atoms. The van der Waals surface area contributed by atoms with Gasteiger partial charge in [-0.1, -0.05) is 20.8 Å². The molecule has 5 heteroatoms. The summed E-state index contributed by atoms with van der Waals surface area (Å²) in [6.45, 7) is 7.49. The van der Waals surface area contributed by atoms with Gasteiger partial charge < -0.3 is 15.7 Å². The number of pyridine rings is 1. The maximum absolute atomic E-state index is 11.4. The van der Waals surface area contributed by atoms with Crippen LogP contribution in [0.3, 0.4) is 0 Å². The smallest absolute Gasteiger partial charge is 0.252 e. The maximum Gasteiger partial charge on any atom is 0.252 e. The van der Waals surface area contributed by atoms with Crippen molar-refractivity contribution in [1.82, 2.24) is 4.98 Å². The summed E-state index contributed by atoms with van der Waals surface area (Å²) < 4.78 is 0. The normalized spacial score (nSPS) is 23.7. The van der Waals surface area contributed by atoms with Gasteiger partial charge in [0.1, 0.15) is 5.82 Å². The predicted octanol–water partition coefficient (Wildman–Crippen LogP) is 1.02. The zero-order valence-electron chi connectivity index (χ0n) is 11.6. The van der Waals surface area contributed by atoms with E-state index >= 15 is 0 Å². The van der Waals surface area contributed by atoms with Crippen LogP contribution in [0.1, 0.15) is 31.1 Å². The fourth-order valence-corrected chi connectivity index (χ4v) is 2.65. The van der Waals surface area contributed by atoms with Crippen molar-refractivity contribution in [3.63, 3.8) is 0 Å². The monoisotopic (exact) mass is 263 g/mol. The van der Waals surface area contributed by atoms with E-state index in [0.717, 1.165) is 0 Å². The molecule has 1 aliphatic rings. The molecule has 1 saturated heterocycles. The lowest BCUT2D eigenvalue weighted by Crippen LogP contribution is -2.30. The fourth-order valence-electron chi connectivity index (χ4n) is 2.65. The van der Waals surface area contributed by atoms with Gasteiger partial charge in [0.25, 0.3) is 5.91 Å². The van der Waals surface area contributed by atoms with Crippen molar-refractivity contribution >= 4 is 11.7 Å². The van der Waals surface area contributed by atoms with Crippen LogP contribution in [0.5, 0.6) is 0 Å². The van der Waals surface area contributed by atoms with Gasteiger partial charge in [-0.05, 0) is 17.5 Å². The number of nitrogens with two attached hydrogens (primary N) is 1. The minimum absolute atomic E-state index is 0.00976. The molecule has 0 aliphatic carbocycles. The molecule has 0 unspecified atom stereocenters. The zero-order chi connectivity index (χ0) is 14.2. The Balaban J connectivity index is 2.28. The largest absolute Gasteiger partial charge is 0.391 e. The Morgan fingerprint density at radius 1 is 1.47 bits per heavy atom. The van der Waals surface area contributed by atoms with Gasteiger partial charge in [-0.3, -0.25) is 4.79 Å². The van der Waals surface area contributed by atoms with Gasteiger partial charge in [-0.2, -0.15) is 0 Å². The molecule has 1 aromatic heterocycles. The standard InChI is InChI=1S/C14H21N3O2/c1-14(2,3)10-7-17(8-11(10)18)13-9(12(15)19)5-4-6-16-13/h4-6,10-11,18H,7-8H2,1-3H3,(H2,15,19)/t10-,11+/m0/s1. The number of aromatic nitrogens is 1. The molecule has 2 atom stereocenters. The number of hydrogen-bond donors (Lipinski definition) is 2. The van der Waals surface area contributed by atoms with Crippen LogP contribution in [-0.2, 0) is 0 Å². The lowest BCUT2D eigenvalue weighted by molar-refractivity contribution is 0.0828. The molecule has 104 valence electrons. The average Bonchev–Trinajstić information content (AvgIpc) is 2.71. The van der Waals surface area contributed by atoms with Crippen molar-refractivity contribution in [3.8, 4) is 0 Å². The van der Waals surface area contributed by atoms with Crippen LogP contribution >= 0.6 is 0 Å². The number of carbonyl (C=O) groups is 1. The number of nitrogens with zero attached hydrogens (tertiary/aromatic N) is 2. The molecule has 1 aliphatic heterocycles. The first kappa shape index (κ1) is 13.8. The number of carbonyl (C=O) groups excluding carboxylic acids is 1. The molecule has 1 aromatic rings. The summed E-state index contributed by atoms with van der Waals surface area (Å²) in [4.78, 5) is 17.6. The van der Waals surface area contributed by atoms with Crippen LogP contribution in [0.15, 0.2) is 18.3 Å². The lowest BCUT2D eigenvalue weighted by atomic mass is 9.79. The minimum Gasteiger partial charge on any atom is -0.391 e. The number of amides is 1. The number of aliphatic hydroxyl groups is 1. The second kappa shape index (κ2) is 4.81. The molecule has 3 N–H and O–H groups in total. The molecule has 19 heavy (non-hydrogen) atoms. The highest BCUT2D eigenvalue weighted by atomic mass is 16.3. The number of anilines is 1. The molecular weight excluding hydrogens is 242 g/mol. The molecule has 5 nitrogen and oxygen atoms in total. The van der Waals surface area contributed by atoms with E-state index in [-0.39, 0.29) is 11.3 Å². The van der Waals surface area contributed by atoms with E-state index in [1.807, 2.05) is 4.90 Å². The lowest BCUT2D eigenvalue weighted by Gasteiger charge is -2.29. The molecule has 0 radical (unpaired) electrons. The summed E-state index contributed by atoms with van der Waals surface area (Å²) in [6.07, 6.45) is 1.22. The number of hydrogen-bond acceptors (Lipinski definition) is 4. The molecule has 0 spiro atoms. The van der Waals surface area contributed by atoms with Crippen molar-refractivity contribution in [2.75, 3.05) is 18.0 Å². The minimum atomic E-state index is -0.489. The molecular formula is C14H21N3O2. The second-order valence-corrected chi connectivity index (χ2v) is 6.18. The van der Waals surface area contributed by atoms with E-state index < -0.39 is 12.0 Å². The summed E-state index contributed by atoms with van der Waals surface area (Å²) >= 11 is 0. The SMILES string of the molecule is CC(C)(C)[C@H]1CN(c2ncccc2C(N)=O)C[C@H]1O. The summed E-state index contributed by atoms with van der Waals surface area (Å²) in [5, 5.41) is 10.2. The van der Waals surface area contributed by atoms with Gasteiger partial charge in [0.05, 0.1) is 11.7 Å². The molecule has 1 fully saturated rings. The van der Waals surface area contributed by atoms with Crippen LogP contribution < -0.4 is 10.6 Å². The third-order valence-corrected chi connectivity index (χ3v) is 3.75. The summed E-state index contributed by atoms with van der Waals surface area (Å²) in [7, 11) is 0. The van der Waals surface area contributed by atoms with Crippen molar-refractivity contribution in [2.45, 2.75) is 26.9 Å². The van der Waals surface area contributed by atoms with Gasteiger partial charge >= 0.3 is 0 Å². The van der Waals surface area contributed by atoms with Crippen LogP contribution in [-0.4, -0.2) is 35.2 Å². The van der Waals surface area contributed by atoms with E-state index in [0.29, 0.717) is 24.5 Å². The quantitative estimate of drug-likeness (QED) is 0.835. The average molecular weight is 263 g/mol. The number of β-amino-alcohol motifs (C(OH)–C–C–N with tert-alkyl or cyclic N) is 1. The van der Waals surface area contributed by atoms with Gasteiger partial charge in [-0.25, -0.2) is 4.98 Å². The molecule has 2 rings (SSSR count). The number of rotatable bonds is 2. The van der Waals surface area contributed by atoms with E-state index in [1.165, 1.54) is 0 Å². The van der Waals surface area contributed by atoms with Crippen molar-refractivity contribution in [2.24, 2.45) is 17.1 Å². The van der Waals surface area contributed by atoms with E-state index in [1.54, 1.807) is 18.3 Å².